The van der Waals surface area contributed by atoms with Gasteiger partial charge < -0.3 is 11.1 Å². The number of hydrogen-bond donors (Lipinski definition) is 2. The Labute approximate surface area is 134 Å². The van der Waals surface area contributed by atoms with Crippen LogP contribution in [0.5, 0.6) is 0 Å². The maximum atomic E-state index is 11.2. The molecule has 0 radical (unpaired) electrons. The van der Waals surface area contributed by atoms with Crippen LogP contribution in [-0.2, 0) is 24.2 Å². The number of carbonyl (C=O) groups is 1. The normalized spacial score (nSPS) is 13.9. The highest BCUT2D eigenvalue weighted by molar-refractivity contribution is 5.87. The summed E-state index contributed by atoms with van der Waals surface area (Å²) in [5.74, 6) is -0.341. The van der Waals surface area contributed by atoms with Gasteiger partial charge in [0.1, 0.15) is 0 Å². The Balaban J connectivity index is 1.79. The monoisotopic (exact) mass is 306 g/mol. The van der Waals surface area contributed by atoms with Crippen molar-refractivity contribution in [3.05, 3.63) is 59.3 Å². The van der Waals surface area contributed by atoms with Crippen LogP contribution in [0.25, 0.3) is 16.6 Å². The first-order valence-electron chi connectivity index (χ1n) is 7.79. The van der Waals surface area contributed by atoms with Gasteiger partial charge in [0.15, 0.2) is 0 Å². The molecule has 3 aromatic rings. The van der Waals surface area contributed by atoms with Gasteiger partial charge in [-0.15, -0.1) is 0 Å². The maximum Gasteiger partial charge on any atom is 0.221 e. The first kappa shape index (κ1) is 14.0. The highest BCUT2D eigenvalue weighted by atomic mass is 16.1. The van der Waals surface area contributed by atoms with Crippen LogP contribution in [0.2, 0.25) is 0 Å². The fraction of sp³-hybridized carbons (Fsp3) is 0.222. The quantitative estimate of drug-likeness (QED) is 0.773. The summed E-state index contributed by atoms with van der Waals surface area (Å²) >= 11 is 0. The van der Waals surface area contributed by atoms with Crippen molar-refractivity contribution < 1.29 is 4.79 Å². The molecule has 23 heavy (non-hydrogen) atoms. The molecule has 3 N–H and O–H groups in total. The van der Waals surface area contributed by atoms with E-state index in [0.717, 1.165) is 41.7 Å². The Morgan fingerprint density at radius 1 is 1.26 bits per heavy atom. The Morgan fingerprint density at radius 3 is 3.04 bits per heavy atom. The molecule has 0 atom stereocenters. The van der Waals surface area contributed by atoms with E-state index in [0.29, 0.717) is 0 Å². The molecular weight excluding hydrogens is 288 g/mol. The molecule has 116 valence electrons. The lowest BCUT2D eigenvalue weighted by molar-refractivity contribution is -0.117. The summed E-state index contributed by atoms with van der Waals surface area (Å²) in [6.45, 7) is 1.94. The van der Waals surface area contributed by atoms with Gasteiger partial charge in [0.25, 0.3) is 0 Å². The standard InChI is InChI=1S/C18H18N4O/c19-17(23)9-13-2-1-3-14-11-22(21-18(13)14)16-5-4-12-6-7-20-10-15(12)8-16/h1-5,8,11,20H,6-7,9-10H2,(H2,19,23). The van der Waals surface area contributed by atoms with Crippen molar-refractivity contribution in [3.63, 3.8) is 0 Å². The molecule has 2 aromatic carbocycles. The van der Waals surface area contributed by atoms with E-state index in [4.69, 9.17) is 5.73 Å². The molecule has 0 spiro atoms. The predicted molar refractivity (Wildman–Crippen MR) is 89.4 cm³/mol. The number of primary amides is 1. The average molecular weight is 306 g/mol. The smallest absolute Gasteiger partial charge is 0.221 e. The number of rotatable bonds is 3. The first-order chi connectivity index (χ1) is 11.2. The maximum absolute atomic E-state index is 11.2. The molecule has 4 rings (SSSR count). The number of hydrogen-bond acceptors (Lipinski definition) is 3. The predicted octanol–water partition coefficient (Wildman–Crippen LogP) is 1.70. The van der Waals surface area contributed by atoms with Crippen molar-refractivity contribution in [2.24, 2.45) is 5.73 Å². The minimum absolute atomic E-state index is 0.211. The van der Waals surface area contributed by atoms with E-state index in [-0.39, 0.29) is 12.3 Å². The Hall–Kier alpha value is -2.66. The lowest BCUT2D eigenvalue weighted by atomic mass is 10.0. The third kappa shape index (κ3) is 2.59. The van der Waals surface area contributed by atoms with E-state index in [1.165, 1.54) is 11.1 Å². The summed E-state index contributed by atoms with van der Waals surface area (Å²) in [6, 6.07) is 12.3. The van der Waals surface area contributed by atoms with Crippen LogP contribution in [0.15, 0.2) is 42.6 Å². The summed E-state index contributed by atoms with van der Waals surface area (Å²) in [7, 11) is 0. The van der Waals surface area contributed by atoms with Gasteiger partial charge in [-0.3, -0.25) is 4.79 Å². The van der Waals surface area contributed by atoms with Crippen molar-refractivity contribution in [1.82, 2.24) is 15.1 Å². The van der Waals surface area contributed by atoms with Gasteiger partial charge in [0, 0.05) is 18.1 Å². The van der Waals surface area contributed by atoms with Crippen molar-refractivity contribution in [2.75, 3.05) is 6.54 Å². The van der Waals surface area contributed by atoms with E-state index in [9.17, 15) is 4.79 Å². The number of nitrogens with two attached hydrogens (primary N) is 1. The third-order valence-corrected chi connectivity index (χ3v) is 4.33. The van der Waals surface area contributed by atoms with E-state index in [1.54, 1.807) is 0 Å². The SMILES string of the molecule is NC(=O)Cc1cccc2cn(-c3ccc4c(c3)CNCC4)nc12. The molecule has 0 unspecified atom stereocenters. The number of nitrogens with one attached hydrogen (secondary N) is 1. The van der Waals surface area contributed by atoms with Gasteiger partial charge in [-0.25, -0.2) is 4.68 Å². The topological polar surface area (TPSA) is 72.9 Å². The van der Waals surface area contributed by atoms with Crippen LogP contribution < -0.4 is 11.1 Å². The van der Waals surface area contributed by atoms with Crippen molar-refractivity contribution in [2.45, 2.75) is 19.4 Å². The van der Waals surface area contributed by atoms with Crippen LogP contribution in [0, 0.1) is 0 Å². The molecule has 2 heterocycles. The lowest BCUT2D eigenvalue weighted by Gasteiger charge is -2.17. The molecule has 0 saturated heterocycles. The molecular formula is C18H18N4O. The summed E-state index contributed by atoms with van der Waals surface area (Å²) in [5, 5.41) is 9.08. The van der Waals surface area contributed by atoms with Gasteiger partial charge in [-0.2, -0.15) is 5.10 Å². The second-order valence-electron chi connectivity index (χ2n) is 5.95. The summed E-state index contributed by atoms with van der Waals surface area (Å²) in [4.78, 5) is 11.2. The molecule has 1 aromatic heterocycles. The van der Waals surface area contributed by atoms with Gasteiger partial charge in [-0.05, 0) is 41.8 Å². The van der Waals surface area contributed by atoms with Gasteiger partial charge in [0.05, 0.1) is 17.6 Å². The molecule has 1 aliphatic rings. The molecule has 0 saturated carbocycles. The largest absolute Gasteiger partial charge is 0.369 e. The van der Waals surface area contributed by atoms with Gasteiger partial charge in [0.2, 0.25) is 5.91 Å². The number of benzene rings is 2. The number of nitrogens with zero attached hydrogens (tertiary/aromatic N) is 2. The van der Waals surface area contributed by atoms with E-state index in [2.05, 4.69) is 28.6 Å². The minimum Gasteiger partial charge on any atom is -0.369 e. The van der Waals surface area contributed by atoms with Crippen molar-refractivity contribution >= 4 is 16.8 Å². The van der Waals surface area contributed by atoms with Gasteiger partial charge in [-0.1, -0.05) is 24.3 Å². The summed E-state index contributed by atoms with van der Waals surface area (Å²) < 4.78 is 1.88. The number of carbonyl (C=O) groups excluding carboxylic acids is 1. The fourth-order valence-corrected chi connectivity index (χ4v) is 3.18. The van der Waals surface area contributed by atoms with Crippen molar-refractivity contribution in [1.29, 1.82) is 0 Å². The van der Waals surface area contributed by atoms with Gasteiger partial charge >= 0.3 is 0 Å². The molecule has 1 aliphatic heterocycles. The molecule has 1 amide bonds. The molecule has 0 aliphatic carbocycles. The summed E-state index contributed by atoms with van der Waals surface area (Å²) in [6.07, 6.45) is 3.28. The number of aromatic nitrogens is 2. The highest BCUT2D eigenvalue weighted by Crippen LogP contribution is 2.22. The number of amides is 1. The first-order valence-corrected chi connectivity index (χ1v) is 7.79. The Morgan fingerprint density at radius 2 is 2.17 bits per heavy atom. The molecule has 0 fully saturated rings. The van der Waals surface area contributed by atoms with Crippen LogP contribution >= 0.6 is 0 Å². The minimum atomic E-state index is -0.341. The Bertz CT molecular complexity index is 897. The van der Waals surface area contributed by atoms with E-state index in [1.807, 2.05) is 29.1 Å². The molecule has 5 nitrogen and oxygen atoms in total. The lowest BCUT2D eigenvalue weighted by Crippen LogP contribution is -2.23. The van der Waals surface area contributed by atoms with E-state index < -0.39 is 0 Å². The van der Waals surface area contributed by atoms with Crippen molar-refractivity contribution in [3.8, 4) is 5.69 Å². The third-order valence-electron chi connectivity index (χ3n) is 4.33. The second kappa shape index (κ2) is 5.52. The Kier molecular flexibility index (Phi) is 3.35. The molecule has 5 heteroatoms. The average Bonchev–Trinajstić information content (AvgIpc) is 2.99. The zero-order valence-electron chi connectivity index (χ0n) is 12.7. The fourth-order valence-electron chi connectivity index (χ4n) is 3.18. The van der Waals surface area contributed by atoms with Crippen LogP contribution in [-0.4, -0.2) is 22.2 Å². The second-order valence-corrected chi connectivity index (χ2v) is 5.95. The van der Waals surface area contributed by atoms with E-state index >= 15 is 0 Å². The summed E-state index contributed by atoms with van der Waals surface area (Å²) in [5.41, 5.74) is 10.8. The van der Waals surface area contributed by atoms with Crippen LogP contribution in [0.4, 0.5) is 0 Å². The number of fused-ring (bicyclic) bond motifs is 2. The van der Waals surface area contributed by atoms with Crippen LogP contribution in [0.3, 0.4) is 0 Å². The molecule has 0 bridgehead atoms. The zero-order valence-corrected chi connectivity index (χ0v) is 12.7. The highest BCUT2D eigenvalue weighted by Gasteiger charge is 2.12. The zero-order chi connectivity index (χ0) is 15.8. The van der Waals surface area contributed by atoms with Crippen LogP contribution in [0.1, 0.15) is 16.7 Å².